The molecule has 0 unspecified atom stereocenters. The molecular weight excluding hydrogens is 593 g/mol. The zero-order chi connectivity index (χ0) is 31.0. The number of hydrogen-bond donors (Lipinski definition) is 1. The molecule has 6 rings (SSSR count). The molecule has 0 saturated carbocycles. The SMILES string of the molecule is N#Cc1ccc(N2CCC(Sc3cc(F)c(COc4cccc5c4CN([C@@H]4CCC(=O)NC4=O)C5=O)cc3F)CC2)c(F)c1. The van der Waals surface area contributed by atoms with E-state index in [0.29, 0.717) is 48.5 Å². The van der Waals surface area contributed by atoms with Crippen LogP contribution in [0.5, 0.6) is 5.75 Å². The maximum atomic E-state index is 15.1. The van der Waals surface area contributed by atoms with Gasteiger partial charge in [-0.1, -0.05) is 6.07 Å². The lowest BCUT2D eigenvalue weighted by molar-refractivity contribution is -0.136. The number of amides is 3. The van der Waals surface area contributed by atoms with Crippen molar-refractivity contribution in [1.82, 2.24) is 10.2 Å². The van der Waals surface area contributed by atoms with Crippen LogP contribution in [0.15, 0.2) is 53.4 Å². The van der Waals surface area contributed by atoms with Crippen LogP contribution in [0.3, 0.4) is 0 Å². The number of imide groups is 1. The van der Waals surface area contributed by atoms with Crippen LogP contribution in [-0.4, -0.2) is 47.0 Å². The first kappa shape index (κ1) is 29.6. The fourth-order valence-electron chi connectivity index (χ4n) is 5.85. The fourth-order valence-corrected chi connectivity index (χ4v) is 6.99. The number of nitrogens with one attached hydrogen (secondary N) is 1. The normalized spacial score (nSPS) is 18.7. The molecule has 0 aromatic heterocycles. The Bertz CT molecular complexity index is 1700. The van der Waals surface area contributed by atoms with Crippen molar-refractivity contribution in [2.75, 3.05) is 18.0 Å². The highest BCUT2D eigenvalue weighted by Gasteiger charge is 2.40. The summed E-state index contributed by atoms with van der Waals surface area (Å²) in [6, 6.07) is 12.7. The quantitative estimate of drug-likeness (QED) is 0.368. The van der Waals surface area contributed by atoms with E-state index in [2.05, 4.69) is 5.32 Å². The number of benzene rings is 3. The second-order valence-corrected chi connectivity index (χ2v) is 12.3. The first-order valence-corrected chi connectivity index (χ1v) is 15.1. The Morgan fingerprint density at radius 2 is 1.77 bits per heavy atom. The highest BCUT2D eigenvalue weighted by atomic mass is 32.2. The summed E-state index contributed by atoms with van der Waals surface area (Å²) in [6.45, 7) is 0.910. The Kier molecular flexibility index (Phi) is 8.23. The molecule has 0 spiro atoms. The van der Waals surface area contributed by atoms with Crippen LogP contribution < -0.4 is 15.0 Å². The lowest BCUT2D eigenvalue weighted by Crippen LogP contribution is -2.52. The van der Waals surface area contributed by atoms with Gasteiger partial charge in [-0.15, -0.1) is 11.8 Å². The lowest BCUT2D eigenvalue weighted by atomic mass is 10.0. The molecule has 8 nitrogen and oxygen atoms in total. The highest BCUT2D eigenvalue weighted by molar-refractivity contribution is 8.00. The number of thioether (sulfide) groups is 1. The van der Waals surface area contributed by atoms with E-state index in [1.54, 1.807) is 30.3 Å². The topological polar surface area (TPSA) is 103 Å². The largest absolute Gasteiger partial charge is 0.488 e. The van der Waals surface area contributed by atoms with Gasteiger partial charge in [0.05, 0.1) is 23.9 Å². The summed E-state index contributed by atoms with van der Waals surface area (Å²) in [5.74, 6) is -2.58. The third-order valence-electron chi connectivity index (χ3n) is 8.18. The van der Waals surface area contributed by atoms with Crippen molar-refractivity contribution in [2.45, 2.75) is 55.0 Å². The van der Waals surface area contributed by atoms with Crippen molar-refractivity contribution in [3.05, 3.63) is 88.2 Å². The average molecular weight is 621 g/mol. The first-order chi connectivity index (χ1) is 21.2. The molecule has 2 saturated heterocycles. The summed E-state index contributed by atoms with van der Waals surface area (Å²) in [7, 11) is 0. The van der Waals surface area contributed by atoms with Crippen molar-refractivity contribution < 1.29 is 32.3 Å². The van der Waals surface area contributed by atoms with Gasteiger partial charge in [-0.25, -0.2) is 13.2 Å². The maximum absolute atomic E-state index is 15.1. The molecule has 3 aromatic carbocycles. The van der Waals surface area contributed by atoms with Crippen molar-refractivity contribution in [1.29, 1.82) is 5.26 Å². The second kappa shape index (κ2) is 12.2. The zero-order valence-electron chi connectivity index (χ0n) is 23.4. The predicted molar refractivity (Wildman–Crippen MR) is 155 cm³/mol. The smallest absolute Gasteiger partial charge is 0.255 e. The number of hydrogen-bond acceptors (Lipinski definition) is 7. The third kappa shape index (κ3) is 5.84. The van der Waals surface area contributed by atoms with E-state index in [9.17, 15) is 18.8 Å². The average Bonchev–Trinajstić information content (AvgIpc) is 3.35. The van der Waals surface area contributed by atoms with Crippen molar-refractivity contribution >= 4 is 35.2 Å². The van der Waals surface area contributed by atoms with E-state index >= 15 is 8.78 Å². The summed E-state index contributed by atoms with van der Waals surface area (Å²) in [4.78, 5) is 40.4. The Balaban J connectivity index is 1.08. The number of nitrogens with zero attached hydrogens (tertiary/aromatic N) is 3. The van der Waals surface area contributed by atoms with Crippen molar-refractivity contribution in [3.8, 4) is 11.8 Å². The molecule has 0 aliphatic carbocycles. The molecule has 44 heavy (non-hydrogen) atoms. The summed E-state index contributed by atoms with van der Waals surface area (Å²) in [5.41, 5.74) is 1.59. The van der Waals surface area contributed by atoms with E-state index < -0.39 is 29.4 Å². The monoisotopic (exact) mass is 620 g/mol. The van der Waals surface area contributed by atoms with Gasteiger partial charge in [-0.2, -0.15) is 5.26 Å². The summed E-state index contributed by atoms with van der Waals surface area (Å²) < 4.78 is 50.6. The Labute approximate surface area is 255 Å². The number of carbonyl (C=O) groups is 3. The minimum absolute atomic E-state index is 0.0143. The fraction of sp³-hybridized carbons (Fsp3) is 0.312. The van der Waals surface area contributed by atoms with Gasteiger partial charge in [-0.3, -0.25) is 19.7 Å². The molecule has 226 valence electrons. The van der Waals surface area contributed by atoms with E-state index in [4.69, 9.17) is 10.00 Å². The van der Waals surface area contributed by atoms with Crippen LogP contribution in [0.1, 0.15) is 52.7 Å². The molecule has 1 atom stereocenters. The summed E-state index contributed by atoms with van der Waals surface area (Å²) in [6.07, 6.45) is 1.65. The Morgan fingerprint density at radius 3 is 2.50 bits per heavy atom. The molecule has 2 fully saturated rings. The minimum atomic E-state index is -0.776. The second-order valence-electron chi connectivity index (χ2n) is 10.9. The number of carbonyl (C=O) groups excluding carboxylic acids is 3. The summed E-state index contributed by atoms with van der Waals surface area (Å²) >= 11 is 1.25. The van der Waals surface area contributed by atoms with Gasteiger partial charge in [-0.05, 0) is 61.7 Å². The molecule has 1 N–H and O–H groups in total. The molecule has 0 radical (unpaired) electrons. The number of piperidine rings is 2. The van der Waals surface area contributed by atoms with Gasteiger partial charge >= 0.3 is 0 Å². The number of halogens is 3. The molecule has 3 aliphatic heterocycles. The van der Waals surface area contributed by atoms with Gasteiger partial charge in [0.2, 0.25) is 11.8 Å². The van der Waals surface area contributed by atoms with Crippen LogP contribution in [0.4, 0.5) is 18.9 Å². The van der Waals surface area contributed by atoms with Gasteiger partial charge in [0.25, 0.3) is 5.91 Å². The van der Waals surface area contributed by atoms with E-state index in [0.717, 1.165) is 12.1 Å². The zero-order valence-corrected chi connectivity index (χ0v) is 24.3. The van der Waals surface area contributed by atoms with Gasteiger partial charge in [0, 0.05) is 46.3 Å². The number of rotatable bonds is 7. The van der Waals surface area contributed by atoms with Crippen LogP contribution in [0.25, 0.3) is 0 Å². The summed E-state index contributed by atoms with van der Waals surface area (Å²) in [5, 5.41) is 11.2. The number of fused-ring (bicyclic) bond motifs is 1. The standard InChI is InChI=1S/C32H27F3N4O4S/c33-23-14-29(44-20-8-10-38(11-9-20)26-5-4-18(15-36)12-24(26)34)25(35)13-19(23)17-43-28-3-1-2-21-22(28)16-39(32(21)42)27-6-7-30(40)37-31(27)41/h1-5,12-14,20,27H,6-11,16-17H2,(H,37,40,41)/t27-/m1/s1. The molecule has 3 amide bonds. The van der Waals surface area contributed by atoms with Crippen LogP contribution in [0.2, 0.25) is 0 Å². The first-order valence-electron chi connectivity index (χ1n) is 14.2. The van der Waals surface area contributed by atoms with Crippen LogP contribution >= 0.6 is 11.8 Å². The number of anilines is 1. The maximum Gasteiger partial charge on any atom is 0.255 e. The van der Waals surface area contributed by atoms with Gasteiger partial charge in [0.1, 0.15) is 35.8 Å². The highest BCUT2D eigenvalue weighted by Crippen LogP contribution is 2.37. The van der Waals surface area contributed by atoms with Crippen LogP contribution in [0, 0.1) is 28.8 Å². The Hall–Kier alpha value is -4.50. The van der Waals surface area contributed by atoms with Gasteiger partial charge in [0.15, 0.2) is 0 Å². The van der Waals surface area contributed by atoms with E-state index in [1.165, 1.54) is 22.7 Å². The van der Waals surface area contributed by atoms with Crippen molar-refractivity contribution in [3.63, 3.8) is 0 Å². The lowest BCUT2D eigenvalue weighted by Gasteiger charge is -2.33. The van der Waals surface area contributed by atoms with E-state index in [1.807, 2.05) is 11.0 Å². The molecule has 3 aliphatic rings. The number of nitriles is 1. The molecule has 3 aromatic rings. The van der Waals surface area contributed by atoms with Crippen LogP contribution in [-0.2, 0) is 22.7 Å². The number of ether oxygens (including phenoxy) is 1. The molecular formula is C32H27F3N4O4S. The predicted octanol–water partition coefficient (Wildman–Crippen LogP) is 5.08. The van der Waals surface area contributed by atoms with Gasteiger partial charge < -0.3 is 14.5 Å². The van der Waals surface area contributed by atoms with Crippen molar-refractivity contribution in [2.24, 2.45) is 0 Å². The Morgan fingerprint density at radius 1 is 0.977 bits per heavy atom. The molecule has 12 heteroatoms. The minimum Gasteiger partial charge on any atom is -0.488 e. The molecule has 0 bridgehead atoms. The molecule has 3 heterocycles. The van der Waals surface area contributed by atoms with E-state index in [-0.39, 0.29) is 59.1 Å². The third-order valence-corrected chi connectivity index (χ3v) is 9.55.